The smallest absolute Gasteiger partial charge is 0.215 e. The van der Waals surface area contributed by atoms with Crippen LogP contribution in [-0.4, -0.2) is 31.9 Å². The molecule has 5 heteroatoms. The minimum atomic E-state index is -3.27. The Morgan fingerprint density at radius 3 is 2.69 bits per heavy atom. The first kappa shape index (κ1) is 12.6. The van der Waals surface area contributed by atoms with E-state index in [-0.39, 0.29) is 12.3 Å². The van der Waals surface area contributed by atoms with Gasteiger partial charge < -0.3 is 5.11 Å². The zero-order chi connectivity index (χ0) is 10.3. The van der Waals surface area contributed by atoms with Gasteiger partial charge in [0, 0.05) is 6.54 Å². The molecule has 0 rings (SSSR count). The van der Waals surface area contributed by atoms with E-state index >= 15 is 0 Å². The molecule has 0 saturated carbocycles. The number of sulfonamides is 1. The lowest BCUT2D eigenvalue weighted by molar-refractivity contribution is 0.167. The normalized spacial score (nSPS) is 14.0. The van der Waals surface area contributed by atoms with Crippen molar-refractivity contribution in [1.29, 1.82) is 0 Å². The number of hydrogen-bond donors (Lipinski definition) is 2. The van der Waals surface area contributed by atoms with E-state index in [1.54, 1.807) is 0 Å². The van der Waals surface area contributed by atoms with Crippen molar-refractivity contribution in [2.45, 2.75) is 25.9 Å². The molecule has 0 saturated heterocycles. The Labute approximate surface area is 79.7 Å². The fourth-order valence-electron chi connectivity index (χ4n) is 0.873. The Morgan fingerprint density at radius 2 is 2.23 bits per heavy atom. The first-order valence-corrected chi connectivity index (χ1v) is 5.93. The molecule has 0 aliphatic carbocycles. The highest BCUT2D eigenvalue weighted by atomic mass is 32.2. The van der Waals surface area contributed by atoms with Crippen LogP contribution in [0.5, 0.6) is 0 Å². The number of aliphatic hydroxyl groups is 1. The average molecular weight is 207 g/mol. The van der Waals surface area contributed by atoms with Gasteiger partial charge in [0.05, 0.1) is 11.9 Å². The summed E-state index contributed by atoms with van der Waals surface area (Å²) in [7, 11) is -3.27. The van der Waals surface area contributed by atoms with Gasteiger partial charge in [-0.1, -0.05) is 19.4 Å². The second-order valence-corrected chi connectivity index (χ2v) is 4.71. The molecule has 78 valence electrons. The van der Waals surface area contributed by atoms with Crippen LogP contribution in [-0.2, 0) is 10.0 Å². The quantitative estimate of drug-likeness (QED) is 0.588. The van der Waals surface area contributed by atoms with Gasteiger partial charge in [0.15, 0.2) is 0 Å². The van der Waals surface area contributed by atoms with Gasteiger partial charge in [0.25, 0.3) is 0 Å². The summed E-state index contributed by atoms with van der Waals surface area (Å²) in [5, 5.41) is 9.23. The van der Waals surface area contributed by atoms with Crippen LogP contribution in [0, 0.1) is 0 Å². The van der Waals surface area contributed by atoms with Crippen molar-refractivity contribution in [3.63, 3.8) is 0 Å². The van der Waals surface area contributed by atoms with Crippen LogP contribution in [0.25, 0.3) is 0 Å². The molecule has 2 N–H and O–H groups in total. The standard InChI is InChI=1S/C8H17NO3S/c1-3-5-8(10)7-9-13(11,12)6-4-2/h4,8-10H,2-3,5-7H2,1H3. The molecule has 1 unspecified atom stereocenters. The van der Waals surface area contributed by atoms with E-state index in [1.165, 1.54) is 6.08 Å². The van der Waals surface area contributed by atoms with Gasteiger partial charge in [-0.3, -0.25) is 0 Å². The summed E-state index contributed by atoms with van der Waals surface area (Å²) in [6, 6.07) is 0. The topological polar surface area (TPSA) is 66.4 Å². The van der Waals surface area contributed by atoms with Gasteiger partial charge in [-0.05, 0) is 6.42 Å². The monoisotopic (exact) mass is 207 g/mol. The Morgan fingerprint density at radius 1 is 1.62 bits per heavy atom. The third kappa shape index (κ3) is 6.74. The van der Waals surface area contributed by atoms with Crippen LogP contribution < -0.4 is 4.72 Å². The van der Waals surface area contributed by atoms with Crippen molar-refractivity contribution in [1.82, 2.24) is 4.72 Å². The van der Waals surface area contributed by atoms with Crippen LogP contribution in [0.2, 0.25) is 0 Å². The number of aliphatic hydroxyl groups excluding tert-OH is 1. The molecule has 1 atom stereocenters. The molecule has 0 fully saturated rings. The molecule has 0 amide bonds. The van der Waals surface area contributed by atoms with Crippen LogP contribution in [0.1, 0.15) is 19.8 Å². The lowest BCUT2D eigenvalue weighted by Gasteiger charge is -2.09. The lowest BCUT2D eigenvalue weighted by Crippen LogP contribution is -2.33. The predicted molar refractivity (Wildman–Crippen MR) is 52.9 cm³/mol. The fraction of sp³-hybridized carbons (Fsp3) is 0.750. The van der Waals surface area contributed by atoms with Crippen molar-refractivity contribution in [2.75, 3.05) is 12.3 Å². The summed E-state index contributed by atoms with van der Waals surface area (Å²) in [6.45, 7) is 5.35. The minimum Gasteiger partial charge on any atom is -0.392 e. The molecular formula is C8H17NO3S. The summed E-state index contributed by atoms with van der Waals surface area (Å²) < 4.78 is 24.4. The maximum atomic E-state index is 11.0. The first-order valence-electron chi connectivity index (χ1n) is 4.28. The molecule has 0 bridgehead atoms. The van der Waals surface area contributed by atoms with E-state index in [9.17, 15) is 13.5 Å². The SMILES string of the molecule is C=CCS(=O)(=O)NCC(O)CCC. The second-order valence-electron chi connectivity index (χ2n) is 2.86. The third-order valence-corrected chi connectivity index (χ3v) is 2.78. The highest BCUT2D eigenvalue weighted by Crippen LogP contribution is 1.95. The van der Waals surface area contributed by atoms with Crippen LogP contribution >= 0.6 is 0 Å². The van der Waals surface area contributed by atoms with Gasteiger partial charge in [-0.2, -0.15) is 0 Å². The molecule has 0 aromatic heterocycles. The van der Waals surface area contributed by atoms with Crippen molar-refractivity contribution < 1.29 is 13.5 Å². The molecule has 0 aromatic carbocycles. The molecule has 0 aliphatic rings. The zero-order valence-corrected chi connectivity index (χ0v) is 8.68. The van der Waals surface area contributed by atoms with Crippen molar-refractivity contribution in [2.24, 2.45) is 0 Å². The van der Waals surface area contributed by atoms with Crippen LogP contribution in [0.4, 0.5) is 0 Å². The Balaban J connectivity index is 3.80. The van der Waals surface area contributed by atoms with Gasteiger partial charge >= 0.3 is 0 Å². The van der Waals surface area contributed by atoms with E-state index < -0.39 is 16.1 Å². The largest absolute Gasteiger partial charge is 0.392 e. The fourth-order valence-corrected chi connectivity index (χ4v) is 1.75. The van der Waals surface area contributed by atoms with E-state index in [0.717, 1.165) is 6.42 Å². The molecule has 0 aliphatic heterocycles. The van der Waals surface area contributed by atoms with Crippen LogP contribution in [0.3, 0.4) is 0 Å². The molecule has 0 radical (unpaired) electrons. The molecular weight excluding hydrogens is 190 g/mol. The van der Waals surface area contributed by atoms with Crippen molar-refractivity contribution in [3.8, 4) is 0 Å². The lowest BCUT2D eigenvalue weighted by atomic mass is 10.2. The summed E-state index contributed by atoms with van der Waals surface area (Å²) in [4.78, 5) is 0. The number of rotatable bonds is 7. The number of hydrogen-bond acceptors (Lipinski definition) is 3. The van der Waals surface area contributed by atoms with Gasteiger partial charge in [0.1, 0.15) is 0 Å². The van der Waals surface area contributed by atoms with E-state index in [0.29, 0.717) is 6.42 Å². The van der Waals surface area contributed by atoms with Gasteiger partial charge in [-0.25, -0.2) is 13.1 Å². The zero-order valence-electron chi connectivity index (χ0n) is 7.86. The summed E-state index contributed by atoms with van der Waals surface area (Å²) in [5.41, 5.74) is 0. The summed E-state index contributed by atoms with van der Waals surface area (Å²) in [6.07, 6.45) is 2.17. The van der Waals surface area contributed by atoms with Crippen molar-refractivity contribution >= 4 is 10.0 Å². The van der Waals surface area contributed by atoms with Gasteiger partial charge in [-0.15, -0.1) is 6.58 Å². The van der Waals surface area contributed by atoms with E-state index in [1.807, 2.05) is 6.92 Å². The maximum absolute atomic E-state index is 11.0. The predicted octanol–water partition coefficient (Wildman–Crippen LogP) is 0.253. The molecule has 0 spiro atoms. The Hall–Kier alpha value is -0.390. The van der Waals surface area contributed by atoms with Crippen LogP contribution in [0.15, 0.2) is 12.7 Å². The average Bonchev–Trinajstić information content (AvgIpc) is 2.02. The van der Waals surface area contributed by atoms with Crippen molar-refractivity contribution in [3.05, 3.63) is 12.7 Å². The Bertz CT molecular complexity index is 236. The highest BCUT2D eigenvalue weighted by molar-refractivity contribution is 7.89. The molecule has 0 heterocycles. The second kappa shape index (κ2) is 6.12. The Kier molecular flexibility index (Phi) is 5.94. The highest BCUT2D eigenvalue weighted by Gasteiger charge is 2.09. The molecule has 4 nitrogen and oxygen atoms in total. The van der Waals surface area contributed by atoms with Gasteiger partial charge in [0.2, 0.25) is 10.0 Å². The number of nitrogens with one attached hydrogen (secondary N) is 1. The third-order valence-electron chi connectivity index (χ3n) is 1.50. The molecule has 0 aromatic rings. The van der Waals surface area contributed by atoms with E-state index in [4.69, 9.17) is 0 Å². The first-order chi connectivity index (χ1) is 6.02. The maximum Gasteiger partial charge on any atom is 0.215 e. The minimum absolute atomic E-state index is 0.0873. The summed E-state index contributed by atoms with van der Waals surface area (Å²) >= 11 is 0. The molecule has 13 heavy (non-hydrogen) atoms. The van der Waals surface area contributed by atoms with E-state index in [2.05, 4.69) is 11.3 Å². The summed E-state index contributed by atoms with van der Waals surface area (Å²) in [5.74, 6) is -0.105.